The van der Waals surface area contributed by atoms with Gasteiger partial charge in [-0.15, -0.1) is 0 Å². The van der Waals surface area contributed by atoms with Gasteiger partial charge in [0.15, 0.2) is 0 Å². The van der Waals surface area contributed by atoms with Crippen molar-refractivity contribution in [1.29, 1.82) is 0 Å². The fourth-order valence-electron chi connectivity index (χ4n) is 13.1. The van der Waals surface area contributed by atoms with E-state index in [0.717, 1.165) is 0 Å². The number of rotatable bonds is 7. The van der Waals surface area contributed by atoms with Crippen LogP contribution in [0.5, 0.6) is 0 Å². The third kappa shape index (κ3) is 6.73. The van der Waals surface area contributed by atoms with Gasteiger partial charge < -0.3 is 9.13 Å². The molecule has 0 amide bonds. The van der Waals surface area contributed by atoms with Crippen molar-refractivity contribution in [2.75, 3.05) is 0 Å². The van der Waals surface area contributed by atoms with Gasteiger partial charge >= 0.3 is 0 Å². The van der Waals surface area contributed by atoms with Crippen LogP contribution >= 0.6 is 0 Å². The molecule has 15 rings (SSSR count). The minimum Gasteiger partial charge on any atom is -0.309 e. The lowest BCUT2D eigenvalue weighted by Crippen LogP contribution is -2.17. The first-order valence-corrected chi connectivity index (χ1v) is 26.7. The molecule has 2 heteroatoms. The summed E-state index contributed by atoms with van der Waals surface area (Å²) in [7, 11) is 0. The van der Waals surface area contributed by atoms with Crippen molar-refractivity contribution in [2.24, 2.45) is 0 Å². The van der Waals surface area contributed by atoms with Crippen LogP contribution < -0.4 is 0 Å². The minimum absolute atomic E-state index is 0.155. The summed E-state index contributed by atoms with van der Waals surface area (Å²) in [5, 5.41) is 5.06. The second-order valence-corrected chi connectivity index (χ2v) is 22.1. The average molecular weight is 971 g/mol. The van der Waals surface area contributed by atoms with Gasteiger partial charge in [0.1, 0.15) is 0 Å². The molecule has 0 saturated carbocycles. The van der Waals surface area contributed by atoms with Gasteiger partial charge in [-0.25, -0.2) is 0 Å². The molecule has 0 spiro atoms. The molecule has 0 radical (unpaired) electrons. The monoisotopic (exact) mass is 970 g/mol. The minimum atomic E-state index is -0.166. The van der Waals surface area contributed by atoms with Gasteiger partial charge in [0.25, 0.3) is 0 Å². The molecule has 11 aromatic carbocycles. The number of fused-ring (bicyclic) bond motifs is 12. The van der Waals surface area contributed by atoms with Crippen LogP contribution in [-0.4, -0.2) is 9.13 Å². The summed E-state index contributed by atoms with van der Waals surface area (Å²) in [5.74, 6) is 0. The molecule has 13 aromatic rings. The summed E-state index contributed by atoms with van der Waals surface area (Å²) in [6, 6.07) is 90.1. The summed E-state index contributed by atoms with van der Waals surface area (Å²) >= 11 is 0. The molecule has 2 heterocycles. The molecule has 0 aliphatic heterocycles. The number of nitrogens with zero attached hydrogens (tertiary/aromatic N) is 2. The highest BCUT2D eigenvalue weighted by Crippen LogP contribution is 2.57. The van der Waals surface area contributed by atoms with Crippen molar-refractivity contribution >= 4 is 55.8 Å². The van der Waals surface area contributed by atoms with Crippen molar-refractivity contribution in [2.45, 2.75) is 38.5 Å². The normalized spacial score (nSPS) is 13.9. The number of hydrogen-bond acceptors (Lipinski definition) is 0. The van der Waals surface area contributed by atoms with Crippen LogP contribution in [0.15, 0.2) is 243 Å². The largest absolute Gasteiger partial charge is 0.309 e. The average Bonchev–Trinajstić information content (AvgIpc) is 4.30. The highest BCUT2D eigenvalue weighted by Gasteiger charge is 2.42. The number of hydrogen-bond donors (Lipinski definition) is 0. The topological polar surface area (TPSA) is 9.86 Å². The third-order valence-corrected chi connectivity index (χ3v) is 17.1. The fraction of sp³-hybridized carbons (Fsp3) is 0.0811. The van der Waals surface area contributed by atoms with Crippen molar-refractivity contribution in [3.8, 4) is 67.0 Å². The van der Waals surface area contributed by atoms with Gasteiger partial charge in [0, 0.05) is 43.7 Å². The lowest BCUT2D eigenvalue weighted by Gasteiger charge is -2.24. The highest BCUT2D eigenvalue weighted by atomic mass is 15.0. The number of para-hydroxylation sites is 3. The Balaban J connectivity index is 0.708. The zero-order valence-corrected chi connectivity index (χ0v) is 43.1. The van der Waals surface area contributed by atoms with Crippen LogP contribution in [0.1, 0.15) is 61.1 Å². The Hall–Kier alpha value is -9.24. The molecule has 0 saturated heterocycles. The lowest BCUT2D eigenvalue weighted by molar-refractivity contribution is 0.652. The van der Waals surface area contributed by atoms with Gasteiger partial charge in [-0.3, -0.25) is 0 Å². The van der Waals surface area contributed by atoms with Gasteiger partial charge in [-0.2, -0.15) is 0 Å². The molecular formula is C74H54N2. The molecule has 0 atom stereocenters. The quantitative estimate of drug-likeness (QED) is 0.141. The summed E-state index contributed by atoms with van der Waals surface area (Å²) in [6.07, 6.45) is 4.47. The Bertz CT molecular complexity index is 4520. The molecule has 0 unspecified atom stereocenters. The molecule has 0 fully saturated rings. The van der Waals surface area contributed by atoms with E-state index in [0.29, 0.717) is 0 Å². The Labute approximate surface area is 444 Å². The molecule has 2 aromatic heterocycles. The van der Waals surface area contributed by atoms with E-state index in [1.807, 2.05) is 0 Å². The SMILES string of the molecule is CC1(C)c2cc(-c3ccc(C=Cc4ccc5c(c4)c4ccccc4n5-c4ccccc4)cc3)ccc2-c2cc3c(cc21)-c1ccc(-c2ccc4c(c2)c2ccccc2n4-c2ccc(-c4ccccc4)cc2)cc1C3(C)C. The van der Waals surface area contributed by atoms with E-state index in [1.165, 1.54) is 144 Å². The van der Waals surface area contributed by atoms with Crippen LogP contribution in [0.25, 0.3) is 123 Å². The van der Waals surface area contributed by atoms with Crippen LogP contribution in [0, 0.1) is 0 Å². The smallest absolute Gasteiger partial charge is 0.0541 e. The zero-order valence-electron chi connectivity index (χ0n) is 43.1. The molecule has 2 aliphatic rings. The Morgan fingerprint density at radius 3 is 1.25 bits per heavy atom. The molecule has 0 bridgehead atoms. The Morgan fingerprint density at radius 1 is 0.263 bits per heavy atom. The molecule has 76 heavy (non-hydrogen) atoms. The number of aromatic nitrogens is 2. The first-order chi connectivity index (χ1) is 37.2. The van der Waals surface area contributed by atoms with Gasteiger partial charge in [-0.05, 0) is 174 Å². The molecule has 2 nitrogen and oxygen atoms in total. The van der Waals surface area contributed by atoms with E-state index in [1.54, 1.807) is 0 Å². The van der Waals surface area contributed by atoms with Crippen molar-refractivity contribution < 1.29 is 0 Å². The Kier molecular flexibility index (Phi) is 9.69. The maximum absolute atomic E-state index is 2.53. The second kappa shape index (κ2) is 16.6. The number of benzene rings is 11. The molecule has 360 valence electrons. The standard InChI is InChI=1S/C74H54N2/c1-73(2)65-43-53(51-28-25-47(26-29-51)23-24-48-27-39-71-63(41-48)59-19-11-13-21-69(59)75(71)55-17-9-6-10-18-55)32-37-57(65)61-45-68-62(46-67(61)73)58-38-33-54(44-66(58)74(68,3)4)52-34-40-72-64(42-52)60-20-12-14-22-70(60)76(72)56-35-30-50(31-36-56)49-15-7-5-8-16-49/h5-46H,1-4H3. The summed E-state index contributed by atoms with van der Waals surface area (Å²) in [5.41, 5.74) is 27.7. The van der Waals surface area contributed by atoms with Crippen molar-refractivity contribution in [3.05, 3.63) is 276 Å². The summed E-state index contributed by atoms with van der Waals surface area (Å²) < 4.78 is 4.78. The molecule has 0 N–H and O–H groups in total. The molecular weight excluding hydrogens is 917 g/mol. The first-order valence-electron chi connectivity index (χ1n) is 26.7. The van der Waals surface area contributed by atoms with E-state index in [9.17, 15) is 0 Å². The van der Waals surface area contributed by atoms with Crippen molar-refractivity contribution in [1.82, 2.24) is 9.13 Å². The van der Waals surface area contributed by atoms with Crippen LogP contribution in [-0.2, 0) is 10.8 Å². The van der Waals surface area contributed by atoms with Gasteiger partial charge in [0.05, 0.1) is 22.1 Å². The Morgan fingerprint density at radius 2 is 0.645 bits per heavy atom. The molecule has 2 aliphatic carbocycles. The van der Waals surface area contributed by atoms with E-state index in [4.69, 9.17) is 0 Å². The fourth-order valence-corrected chi connectivity index (χ4v) is 13.1. The van der Waals surface area contributed by atoms with Crippen molar-refractivity contribution in [3.63, 3.8) is 0 Å². The maximum Gasteiger partial charge on any atom is 0.0541 e. The summed E-state index contributed by atoms with van der Waals surface area (Å²) in [4.78, 5) is 0. The van der Waals surface area contributed by atoms with E-state index < -0.39 is 0 Å². The van der Waals surface area contributed by atoms with E-state index in [-0.39, 0.29) is 10.8 Å². The first kappa shape index (κ1) is 44.3. The van der Waals surface area contributed by atoms with E-state index in [2.05, 4.69) is 292 Å². The van der Waals surface area contributed by atoms with Gasteiger partial charge in [-0.1, -0.05) is 198 Å². The third-order valence-electron chi connectivity index (χ3n) is 17.1. The summed E-state index contributed by atoms with van der Waals surface area (Å²) in [6.45, 7) is 9.66. The van der Waals surface area contributed by atoms with E-state index >= 15 is 0 Å². The second-order valence-electron chi connectivity index (χ2n) is 22.1. The van der Waals surface area contributed by atoms with Crippen LogP contribution in [0.2, 0.25) is 0 Å². The predicted molar refractivity (Wildman–Crippen MR) is 322 cm³/mol. The maximum atomic E-state index is 2.53. The lowest BCUT2D eigenvalue weighted by atomic mass is 9.79. The van der Waals surface area contributed by atoms with Gasteiger partial charge in [0.2, 0.25) is 0 Å². The highest BCUT2D eigenvalue weighted by molar-refractivity contribution is 6.11. The zero-order chi connectivity index (χ0) is 50.9. The van der Waals surface area contributed by atoms with Crippen LogP contribution in [0.4, 0.5) is 0 Å². The predicted octanol–water partition coefficient (Wildman–Crippen LogP) is 19.7. The van der Waals surface area contributed by atoms with Crippen LogP contribution in [0.3, 0.4) is 0 Å².